The van der Waals surface area contributed by atoms with E-state index in [-0.39, 0.29) is 11.8 Å². The molecule has 31 heavy (non-hydrogen) atoms. The van der Waals surface area contributed by atoms with E-state index in [9.17, 15) is 9.59 Å². The van der Waals surface area contributed by atoms with Gasteiger partial charge in [-0.25, -0.2) is 0 Å². The van der Waals surface area contributed by atoms with Crippen LogP contribution in [0.3, 0.4) is 0 Å². The van der Waals surface area contributed by atoms with Gasteiger partial charge in [0.25, 0.3) is 0 Å². The molecule has 1 heterocycles. The van der Waals surface area contributed by atoms with Gasteiger partial charge in [0.15, 0.2) is 0 Å². The molecule has 0 spiro atoms. The summed E-state index contributed by atoms with van der Waals surface area (Å²) in [4.78, 5) is 28.2. The van der Waals surface area contributed by atoms with Gasteiger partial charge in [-0.05, 0) is 36.2 Å². The zero-order valence-corrected chi connectivity index (χ0v) is 18.1. The number of ether oxygens (including phenoxy) is 1. The van der Waals surface area contributed by atoms with Crippen LogP contribution in [-0.2, 0) is 9.59 Å². The van der Waals surface area contributed by atoms with Crippen LogP contribution >= 0.6 is 11.8 Å². The average Bonchev–Trinajstić information content (AvgIpc) is 3.24. The van der Waals surface area contributed by atoms with Crippen LogP contribution in [0.15, 0.2) is 83.8 Å². The summed E-state index contributed by atoms with van der Waals surface area (Å²) < 4.78 is 5.52. The van der Waals surface area contributed by atoms with Crippen LogP contribution in [0, 0.1) is 0 Å². The van der Waals surface area contributed by atoms with Crippen LogP contribution in [0.4, 0.5) is 11.4 Å². The number of anilines is 2. The maximum absolute atomic E-state index is 13.3. The lowest BCUT2D eigenvalue weighted by molar-refractivity contribution is -0.117. The highest BCUT2D eigenvalue weighted by molar-refractivity contribution is 8.00. The van der Waals surface area contributed by atoms with E-state index in [2.05, 4.69) is 5.32 Å². The molecule has 0 bridgehead atoms. The van der Waals surface area contributed by atoms with Crippen LogP contribution in [0.5, 0.6) is 5.75 Å². The number of nitrogens with zero attached hydrogens (tertiary/aromatic N) is 1. The van der Waals surface area contributed by atoms with Crippen LogP contribution < -0.4 is 15.0 Å². The van der Waals surface area contributed by atoms with E-state index in [0.29, 0.717) is 24.4 Å². The molecule has 1 atom stereocenters. The van der Waals surface area contributed by atoms with Gasteiger partial charge in [-0.1, -0.05) is 48.5 Å². The lowest BCUT2D eigenvalue weighted by Gasteiger charge is -2.21. The van der Waals surface area contributed by atoms with Crippen LogP contribution in [-0.4, -0.2) is 25.5 Å². The molecule has 1 fully saturated rings. The molecule has 5 nitrogen and oxygen atoms in total. The first-order valence-electron chi connectivity index (χ1n) is 10.2. The Balaban J connectivity index is 1.57. The minimum absolute atomic E-state index is 0.0958. The van der Waals surface area contributed by atoms with E-state index in [1.165, 1.54) is 11.8 Å². The molecule has 0 aromatic heterocycles. The summed E-state index contributed by atoms with van der Waals surface area (Å²) in [6.07, 6.45) is 1.40. The normalized spacial score (nSPS) is 14.4. The van der Waals surface area contributed by atoms with E-state index in [4.69, 9.17) is 4.74 Å². The van der Waals surface area contributed by atoms with Gasteiger partial charge in [0.2, 0.25) is 11.8 Å². The molecule has 3 aromatic rings. The summed E-state index contributed by atoms with van der Waals surface area (Å²) in [7, 11) is 1.57. The average molecular weight is 433 g/mol. The molecule has 1 aliphatic heterocycles. The summed E-state index contributed by atoms with van der Waals surface area (Å²) in [5.74, 6) is 0.547. The Morgan fingerprint density at radius 1 is 1.03 bits per heavy atom. The molecule has 4 rings (SSSR count). The zero-order chi connectivity index (χ0) is 21.6. The molecule has 1 N–H and O–H groups in total. The first-order valence-corrected chi connectivity index (χ1v) is 11.1. The Bertz CT molecular complexity index is 1060. The smallest absolute Gasteiger partial charge is 0.242 e. The molecule has 6 heteroatoms. The molecular weight excluding hydrogens is 408 g/mol. The van der Waals surface area contributed by atoms with Gasteiger partial charge in [-0.2, -0.15) is 0 Å². The number of nitrogens with one attached hydrogen (secondary N) is 1. The van der Waals surface area contributed by atoms with Crippen LogP contribution in [0.25, 0.3) is 0 Å². The maximum Gasteiger partial charge on any atom is 0.242 e. The number of benzene rings is 3. The molecule has 1 saturated heterocycles. The van der Waals surface area contributed by atoms with E-state index in [1.807, 2.05) is 72.8 Å². The van der Waals surface area contributed by atoms with Gasteiger partial charge in [-0.3, -0.25) is 9.59 Å². The molecule has 3 aromatic carbocycles. The minimum Gasteiger partial charge on any atom is -0.494 e. The Kier molecular flexibility index (Phi) is 6.57. The quantitative estimate of drug-likeness (QED) is 0.515. The standard InChI is InChI=1S/C25H24N2O3S/c1-30-22-17-19(14-15-21(22)27-16-8-13-23(27)28)26-25(29)24(18-9-4-2-5-10-18)31-20-11-6-3-7-12-20/h2-7,9-12,14-15,17,24H,8,13,16H2,1H3,(H,26,29). The number of amides is 2. The molecule has 2 amide bonds. The van der Waals surface area contributed by atoms with Crippen molar-refractivity contribution in [1.82, 2.24) is 0 Å². The van der Waals surface area contributed by atoms with Crippen molar-refractivity contribution in [3.05, 3.63) is 84.4 Å². The first kappa shape index (κ1) is 21.0. The number of carbonyl (C=O) groups excluding carboxylic acids is 2. The fraction of sp³-hybridized carbons (Fsp3) is 0.200. The summed E-state index contributed by atoms with van der Waals surface area (Å²) in [6.45, 7) is 0.685. The second kappa shape index (κ2) is 9.71. The Morgan fingerprint density at radius 2 is 1.74 bits per heavy atom. The summed E-state index contributed by atoms with van der Waals surface area (Å²) >= 11 is 1.51. The van der Waals surface area contributed by atoms with E-state index >= 15 is 0 Å². The van der Waals surface area contributed by atoms with Crippen molar-refractivity contribution in [2.75, 3.05) is 23.9 Å². The van der Waals surface area contributed by atoms with E-state index in [1.54, 1.807) is 18.1 Å². The van der Waals surface area contributed by atoms with Gasteiger partial charge in [0.05, 0.1) is 12.8 Å². The SMILES string of the molecule is COc1cc(NC(=O)C(Sc2ccccc2)c2ccccc2)ccc1N1CCCC1=O. The topological polar surface area (TPSA) is 58.6 Å². The number of methoxy groups -OCH3 is 1. The maximum atomic E-state index is 13.3. The Morgan fingerprint density at radius 3 is 2.39 bits per heavy atom. The molecule has 0 aliphatic carbocycles. The third kappa shape index (κ3) is 4.91. The lowest BCUT2D eigenvalue weighted by atomic mass is 10.1. The van der Waals surface area contributed by atoms with Crippen molar-refractivity contribution in [1.29, 1.82) is 0 Å². The Hall–Kier alpha value is -3.25. The Labute approximate surface area is 186 Å². The first-order chi connectivity index (χ1) is 15.2. The summed E-state index contributed by atoms with van der Waals surface area (Å²) in [5.41, 5.74) is 2.30. The third-order valence-corrected chi connectivity index (χ3v) is 6.42. The van der Waals surface area contributed by atoms with Crippen LogP contribution in [0.1, 0.15) is 23.7 Å². The van der Waals surface area contributed by atoms with Crippen molar-refractivity contribution >= 4 is 35.0 Å². The number of thioether (sulfide) groups is 1. The van der Waals surface area contributed by atoms with Gasteiger partial charge in [-0.15, -0.1) is 11.8 Å². The monoisotopic (exact) mass is 432 g/mol. The fourth-order valence-electron chi connectivity index (χ4n) is 3.62. The highest BCUT2D eigenvalue weighted by atomic mass is 32.2. The summed E-state index contributed by atoms with van der Waals surface area (Å²) in [6, 6.07) is 25.0. The minimum atomic E-state index is -0.408. The largest absolute Gasteiger partial charge is 0.494 e. The number of hydrogen-bond acceptors (Lipinski definition) is 4. The zero-order valence-electron chi connectivity index (χ0n) is 17.3. The predicted molar refractivity (Wildman–Crippen MR) is 125 cm³/mol. The molecule has 1 unspecified atom stereocenters. The van der Waals surface area contributed by atoms with E-state index < -0.39 is 5.25 Å². The van der Waals surface area contributed by atoms with Crippen LogP contribution in [0.2, 0.25) is 0 Å². The molecule has 0 radical (unpaired) electrons. The third-order valence-electron chi connectivity index (χ3n) is 5.15. The molecular formula is C25H24N2O3S. The lowest BCUT2D eigenvalue weighted by Crippen LogP contribution is -2.24. The highest BCUT2D eigenvalue weighted by Crippen LogP contribution is 2.38. The van der Waals surface area contributed by atoms with Crippen molar-refractivity contribution in [2.24, 2.45) is 0 Å². The van der Waals surface area contributed by atoms with Gasteiger partial charge >= 0.3 is 0 Å². The molecule has 0 saturated carbocycles. The fourth-order valence-corrected chi connectivity index (χ4v) is 4.67. The number of rotatable bonds is 7. The predicted octanol–water partition coefficient (Wildman–Crippen LogP) is 5.29. The van der Waals surface area contributed by atoms with Gasteiger partial charge in [0, 0.05) is 29.6 Å². The van der Waals surface area contributed by atoms with Crippen molar-refractivity contribution < 1.29 is 14.3 Å². The number of hydrogen-bond donors (Lipinski definition) is 1. The molecule has 158 valence electrons. The van der Waals surface area contributed by atoms with Gasteiger partial charge in [0.1, 0.15) is 11.0 Å². The van der Waals surface area contributed by atoms with Crippen molar-refractivity contribution in [2.45, 2.75) is 23.0 Å². The van der Waals surface area contributed by atoms with Crippen molar-refractivity contribution in [3.63, 3.8) is 0 Å². The number of carbonyl (C=O) groups is 2. The molecule has 1 aliphatic rings. The summed E-state index contributed by atoms with van der Waals surface area (Å²) in [5, 5.41) is 2.61. The highest BCUT2D eigenvalue weighted by Gasteiger charge is 2.26. The second-order valence-electron chi connectivity index (χ2n) is 7.25. The van der Waals surface area contributed by atoms with Crippen molar-refractivity contribution in [3.8, 4) is 5.75 Å². The van der Waals surface area contributed by atoms with Gasteiger partial charge < -0.3 is 15.0 Å². The van der Waals surface area contributed by atoms with E-state index in [0.717, 1.165) is 22.6 Å². The second-order valence-corrected chi connectivity index (χ2v) is 8.42.